The van der Waals surface area contributed by atoms with Crippen LogP contribution >= 0.6 is 0 Å². The molecule has 0 aliphatic heterocycles. The van der Waals surface area contributed by atoms with E-state index in [0.717, 1.165) is 6.07 Å². The molecule has 23 heavy (non-hydrogen) atoms. The zero-order valence-corrected chi connectivity index (χ0v) is 12.7. The molecule has 0 spiro atoms. The SMILES string of the molecule is COc1cc(OC)c2c(=O)c3c(O)cc(O)c(OC)c3oc2c1. The van der Waals surface area contributed by atoms with E-state index in [2.05, 4.69) is 0 Å². The fraction of sp³-hybridized carbons (Fsp3) is 0.188. The Kier molecular flexibility index (Phi) is 3.40. The maximum atomic E-state index is 12.8. The zero-order valence-electron chi connectivity index (χ0n) is 12.7. The quantitative estimate of drug-likeness (QED) is 0.715. The van der Waals surface area contributed by atoms with E-state index < -0.39 is 11.2 Å². The molecule has 1 heterocycles. The van der Waals surface area contributed by atoms with Crippen molar-refractivity contribution < 1.29 is 28.8 Å². The van der Waals surface area contributed by atoms with Crippen molar-refractivity contribution >= 4 is 21.9 Å². The van der Waals surface area contributed by atoms with E-state index >= 15 is 0 Å². The highest BCUT2D eigenvalue weighted by Gasteiger charge is 2.21. The lowest BCUT2D eigenvalue weighted by molar-refractivity contribution is 0.368. The first-order valence-electron chi connectivity index (χ1n) is 6.63. The largest absolute Gasteiger partial charge is 0.507 e. The van der Waals surface area contributed by atoms with Crippen LogP contribution in [0.1, 0.15) is 0 Å². The lowest BCUT2D eigenvalue weighted by Gasteiger charge is -2.12. The average Bonchev–Trinajstić information content (AvgIpc) is 2.53. The molecule has 0 amide bonds. The van der Waals surface area contributed by atoms with Crippen molar-refractivity contribution in [2.45, 2.75) is 0 Å². The average molecular weight is 318 g/mol. The summed E-state index contributed by atoms with van der Waals surface area (Å²) >= 11 is 0. The molecule has 0 aliphatic carbocycles. The van der Waals surface area contributed by atoms with Gasteiger partial charge in [0.15, 0.2) is 11.3 Å². The number of phenolic OH excluding ortho intramolecular Hbond substituents is 2. The van der Waals surface area contributed by atoms with Gasteiger partial charge >= 0.3 is 0 Å². The van der Waals surface area contributed by atoms with Crippen LogP contribution in [0.25, 0.3) is 21.9 Å². The number of phenols is 2. The fourth-order valence-corrected chi connectivity index (χ4v) is 2.51. The third-order valence-corrected chi connectivity index (χ3v) is 3.56. The molecule has 3 rings (SSSR count). The molecular formula is C16H14O7. The molecule has 3 aromatic rings. The Morgan fingerprint density at radius 3 is 2.26 bits per heavy atom. The van der Waals surface area contributed by atoms with Gasteiger partial charge in [-0.1, -0.05) is 0 Å². The molecule has 0 fully saturated rings. The van der Waals surface area contributed by atoms with Gasteiger partial charge in [-0.3, -0.25) is 4.79 Å². The van der Waals surface area contributed by atoms with Gasteiger partial charge in [-0.2, -0.15) is 0 Å². The standard InChI is InChI=1S/C16H14O7/c1-20-7-4-10(21-2)13-11(5-7)23-16-12(14(13)19)8(17)6-9(18)15(16)22-3/h4-6,17-18H,1-3H3. The fourth-order valence-electron chi connectivity index (χ4n) is 2.51. The van der Waals surface area contributed by atoms with E-state index in [1.54, 1.807) is 6.07 Å². The molecule has 0 aliphatic rings. The monoisotopic (exact) mass is 318 g/mol. The topological polar surface area (TPSA) is 98.4 Å². The molecule has 0 unspecified atom stereocenters. The van der Waals surface area contributed by atoms with E-state index in [1.807, 2.05) is 0 Å². The Balaban J connectivity index is 2.60. The van der Waals surface area contributed by atoms with E-state index in [1.165, 1.54) is 27.4 Å². The van der Waals surface area contributed by atoms with Gasteiger partial charge in [-0.15, -0.1) is 0 Å². The minimum absolute atomic E-state index is 0.0430. The minimum Gasteiger partial charge on any atom is -0.507 e. The molecule has 0 radical (unpaired) electrons. The number of hydrogen-bond acceptors (Lipinski definition) is 7. The molecule has 2 N–H and O–H groups in total. The third kappa shape index (κ3) is 2.09. The van der Waals surface area contributed by atoms with Gasteiger partial charge in [0.25, 0.3) is 0 Å². The Bertz CT molecular complexity index is 972. The van der Waals surface area contributed by atoms with Crippen molar-refractivity contribution in [3.05, 3.63) is 28.4 Å². The summed E-state index contributed by atoms with van der Waals surface area (Å²) in [6.45, 7) is 0. The first-order chi connectivity index (χ1) is 11.0. The summed E-state index contributed by atoms with van der Waals surface area (Å²) in [5, 5.41) is 19.9. The van der Waals surface area contributed by atoms with Crippen LogP contribution in [-0.4, -0.2) is 31.5 Å². The van der Waals surface area contributed by atoms with E-state index in [4.69, 9.17) is 18.6 Å². The molecule has 0 saturated carbocycles. The number of methoxy groups -OCH3 is 3. The first kappa shape index (κ1) is 14.8. The molecule has 0 bridgehead atoms. The van der Waals surface area contributed by atoms with Gasteiger partial charge in [0.05, 0.1) is 21.3 Å². The summed E-state index contributed by atoms with van der Waals surface area (Å²) in [5.74, 6) is -0.109. The van der Waals surface area contributed by atoms with Crippen molar-refractivity contribution in [1.29, 1.82) is 0 Å². The molecule has 7 heteroatoms. The van der Waals surface area contributed by atoms with Crippen LogP contribution in [0.4, 0.5) is 0 Å². The second-order valence-electron chi connectivity index (χ2n) is 4.79. The summed E-state index contributed by atoms with van der Waals surface area (Å²) < 4.78 is 21.1. The van der Waals surface area contributed by atoms with Crippen molar-refractivity contribution in [2.75, 3.05) is 21.3 Å². The summed E-state index contributed by atoms with van der Waals surface area (Å²) in [6, 6.07) is 4.08. The second-order valence-corrected chi connectivity index (χ2v) is 4.79. The molecule has 120 valence electrons. The van der Waals surface area contributed by atoms with Gasteiger partial charge in [-0.25, -0.2) is 0 Å². The van der Waals surface area contributed by atoms with Crippen LogP contribution in [0.5, 0.6) is 28.7 Å². The van der Waals surface area contributed by atoms with Gasteiger partial charge < -0.3 is 28.8 Å². The number of rotatable bonds is 3. The van der Waals surface area contributed by atoms with Gasteiger partial charge in [0.1, 0.15) is 33.6 Å². The van der Waals surface area contributed by atoms with Crippen LogP contribution in [0.3, 0.4) is 0 Å². The maximum absolute atomic E-state index is 12.8. The highest BCUT2D eigenvalue weighted by molar-refractivity contribution is 5.99. The molecule has 7 nitrogen and oxygen atoms in total. The van der Waals surface area contributed by atoms with Crippen LogP contribution in [0.15, 0.2) is 27.4 Å². The number of benzene rings is 2. The van der Waals surface area contributed by atoms with E-state index in [9.17, 15) is 15.0 Å². The summed E-state index contributed by atoms with van der Waals surface area (Å²) in [5.41, 5.74) is -0.378. The van der Waals surface area contributed by atoms with Crippen molar-refractivity contribution in [3.8, 4) is 28.7 Å². The number of fused-ring (bicyclic) bond motifs is 2. The predicted octanol–water partition coefficient (Wildman–Crippen LogP) is 2.38. The summed E-state index contributed by atoms with van der Waals surface area (Å²) in [4.78, 5) is 12.8. The first-order valence-corrected chi connectivity index (χ1v) is 6.63. The smallest absolute Gasteiger partial charge is 0.208 e. The predicted molar refractivity (Wildman–Crippen MR) is 83.0 cm³/mol. The Morgan fingerprint density at radius 1 is 0.913 bits per heavy atom. The van der Waals surface area contributed by atoms with Crippen LogP contribution in [-0.2, 0) is 0 Å². The van der Waals surface area contributed by atoms with E-state index in [-0.39, 0.29) is 39.2 Å². The second kappa shape index (κ2) is 5.28. The summed E-state index contributed by atoms with van der Waals surface area (Å²) in [6.07, 6.45) is 0. The van der Waals surface area contributed by atoms with Crippen molar-refractivity contribution in [2.24, 2.45) is 0 Å². The molecule has 0 atom stereocenters. The normalized spacial score (nSPS) is 10.9. The highest BCUT2D eigenvalue weighted by Crippen LogP contribution is 2.41. The van der Waals surface area contributed by atoms with Crippen LogP contribution in [0.2, 0.25) is 0 Å². The molecule has 2 aromatic carbocycles. The Morgan fingerprint density at radius 2 is 1.65 bits per heavy atom. The van der Waals surface area contributed by atoms with Gasteiger partial charge in [-0.05, 0) is 0 Å². The summed E-state index contributed by atoms with van der Waals surface area (Å²) in [7, 11) is 4.20. The minimum atomic E-state index is -0.503. The van der Waals surface area contributed by atoms with Gasteiger partial charge in [0.2, 0.25) is 11.2 Å². The van der Waals surface area contributed by atoms with Crippen LogP contribution in [0, 0.1) is 0 Å². The van der Waals surface area contributed by atoms with Gasteiger partial charge in [0, 0.05) is 18.2 Å². The highest BCUT2D eigenvalue weighted by atomic mass is 16.5. The zero-order chi connectivity index (χ0) is 16.7. The Hall–Kier alpha value is -3.09. The number of ether oxygens (including phenoxy) is 3. The number of hydrogen-bond donors (Lipinski definition) is 2. The molecular weight excluding hydrogens is 304 g/mol. The molecule has 0 saturated heterocycles. The maximum Gasteiger partial charge on any atom is 0.208 e. The van der Waals surface area contributed by atoms with Crippen LogP contribution < -0.4 is 19.6 Å². The lowest BCUT2D eigenvalue weighted by atomic mass is 10.1. The van der Waals surface area contributed by atoms with E-state index in [0.29, 0.717) is 5.75 Å². The third-order valence-electron chi connectivity index (χ3n) is 3.56. The number of aromatic hydroxyl groups is 2. The lowest BCUT2D eigenvalue weighted by Crippen LogP contribution is -2.05. The Labute approximate surface area is 130 Å². The molecule has 1 aromatic heterocycles. The van der Waals surface area contributed by atoms with Crippen molar-refractivity contribution in [3.63, 3.8) is 0 Å². The van der Waals surface area contributed by atoms with Crippen molar-refractivity contribution in [1.82, 2.24) is 0 Å².